The molecule has 158 valence electrons. The van der Waals surface area contributed by atoms with Crippen molar-refractivity contribution in [3.05, 3.63) is 32.2 Å². The zero-order valence-electron chi connectivity index (χ0n) is 15.6. The zero-order valence-corrected chi connectivity index (χ0v) is 15.6. The molecule has 11 heteroatoms. The number of alkyl halides is 2. The van der Waals surface area contributed by atoms with Crippen LogP contribution >= 0.6 is 0 Å². The fourth-order valence-electron chi connectivity index (χ4n) is 4.23. The van der Waals surface area contributed by atoms with Gasteiger partial charge in [-0.15, -0.1) is 0 Å². The third-order valence-electron chi connectivity index (χ3n) is 5.70. The molecule has 0 spiro atoms. The number of nitrogens with one attached hydrogen (secondary N) is 1. The van der Waals surface area contributed by atoms with Crippen LogP contribution in [0.15, 0.2) is 9.59 Å². The molecule has 1 aliphatic carbocycles. The Hall–Kier alpha value is -2.53. The van der Waals surface area contributed by atoms with Crippen LogP contribution in [0.3, 0.4) is 0 Å². The number of hydrogen-bond acceptors (Lipinski definition) is 6. The summed E-state index contributed by atoms with van der Waals surface area (Å²) in [6.07, 6.45) is 0.524. The monoisotopic (exact) mass is 414 g/mol. The number of aryl methyl sites for hydroxylation is 1. The van der Waals surface area contributed by atoms with E-state index in [4.69, 9.17) is 5.73 Å². The number of phenols is 1. The van der Waals surface area contributed by atoms with Crippen LogP contribution in [-0.2, 0) is 4.74 Å². The second kappa shape index (κ2) is 7.06. The first-order valence-corrected chi connectivity index (χ1v) is 9.32. The molecule has 4 N–H and O–H groups in total. The van der Waals surface area contributed by atoms with Crippen LogP contribution in [0.1, 0.15) is 24.4 Å². The van der Waals surface area contributed by atoms with E-state index in [-0.39, 0.29) is 47.8 Å². The lowest BCUT2D eigenvalue weighted by Gasteiger charge is -2.24. The second-order valence-corrected chi connectivity index (χ2v) is 7.56. The predicted octanol–water partition coefficient (Wildman–Crippen LogP) is 1.18. The van der Waals surface area contributed by atoms with Crippen molar-refractivity contribution >= 4 is 16.6 Å². The van der Waals surface area contributed by atoms with Gasteiger partial charge in [0.05, 0.1) is 17.3 Å². The third-order valence-corrected chi connectivity index (χ3v) is 5.70. The lowest BCUT2D eigenvalue weighted by molar-refractivity contribution is -0.165. The standard InChI is InChI=1S/C18H21F3N4O4/c1-7-13-11(16(27)23-18(28)25(13)9-2-3-9)15(26)12(19)14(7)24-5-8(4-22)10(6-24)29-17(20)21/h8-10,17,26H,2-6,22H2,1H3,(H,23,27,28). The third kappa shape index (κ3) is 3.18. The van der Waals surface area contributed by atoms with Crippen molar-refractivity contribution < 1.29 is 23.0 Å². The number of ether oxygens (including phenoxy) is 1. The number of phenolic OH excluding ortho intramolecular Hbond substituents is 1. The first-order chi connectivity index (χ1) is 13.7. The molecule has 0 bridgehead atoms. The summed E-state index contributed by atoms with van der Waals surface area (Å²) in [7, 11) is 0. The molecule has 2 unspecified atom stereocenters. The van der Waals surface area contributed by atoms with E-state index in [0.29, 0.717) is 0 Å². The van der Waals surface area contributed by atoms with E-state index in [1.165, 1.54) is 16.4 Å². The van der Waals surface area contributed by atoms with E-state index < -0.39 is 41.4 Å². The topological polar surface area (TPSA) is 114 Å². The average molecular weight is 414 g/mol. The number of halogens is 3. The number of aromatic amines is 1. The molecule has 2 aliphatic rings. The van der Waals surface area contributed by atoms with Crippen molar-refractivity contribution in [1.29, 1.82) is 0 Å². The summed E-state index contributed by atoms with van der Waals surface area (Å²) < 4.78 is 46.6. The molecule has 8 nitrogen and oxygen atoms in total. The number of hydrogen-bond donors (Lipinski definition) is 3. The molecule has 4 rings (SSSR count). The SMILES string of the molecule is Cc1c(N2CC(CN)C(OC(F)F)C2)c(F)c(O)c2c(=O)[nH]c(=O)n(C3CC3)c12. The summed E-state index contributed by atoms with van der Waals surface area (Å²) >= 11 is 0. The van der Waals surface area contributed by atoms with Crippen molar-refractivity contribution in [1.82, 2.24) is 9.55 Å². The van der Waals surface area contributed by atoms with E-state index in [9.17, 15) is 23.5 Å². The van der Waals surface area contributed by atoms with Crippen LogP contribution in [-0.4, -0.2) is 47.0 Å². The van der Waals surface area contributed by atoms with Gasteiger partial charge in [-0.3, -0.25) is 14.3 Å². The Labute approximate surface area is 162 Å². The summed E-state index contributed by atoms with van der Waals surface area (Å²) in [5, 5.41) is 10.1. The van der Waals surface area contributed by atoms with E-state index in [0.717, 1.165) is 12.8 Å². The lowest BCUT2D eigenvalue weighted by atomic mass is 10.1. The van der Waals surface area contributed by atoms with Gasteiger partial charge in [-0.05, 0) is 26.3 Å². The van der Waals surface area contributed by atoms with Crippen LogP contribution in [0.5, 0.6) is 5.75 Å². The van der Waals surface area contributed by atoms with Gasteiger partial charge < -0.3 is 20.5 Å². The Morgan fingerprint density at radius 2 is 2.00 bits per heavy atom. The lowest BCUT2D eigenvalue weighted by Crippen LogP contribution is -2.32. The maximum absolute atomic E-state index is 15.1. The number of fused-ring (bicyclic) bond motifs is 1. The highest BCUT2D eigenvalue weighted by Gasteiger charge is 2.38. The molecule has 0 radical (unpaired) electrons. The van der Waals surface area contributed by atoms with E-state index in [2.05, 4.69) is 9.72 Å². The molecule has 2 fully saturated rings. The number of H-pyrrole nitrogens is 1. The van der Waals surface area contributed by atoms with Crippen LogP contribution in [0.25, 0.3) is 10.9 Å². The Morgan fingerprint density at radius 1 is 1.31 bits per heavy atom. The van der Waals surface area contributed by atoms with Gasteiger partial charge in [0.2, 0.25) is 0 Å². The van der Waals surface area contributed by atoms with Gasteiger partial charge in [0.25, 0.3) is 5.56 Å². The minimum Gasteiger partial charge on any atom is -0.504 e. The van der Waals surface area contributed by atoms with Crippen molar-refractivity contribution in [3.63, 3.8) is 0 Å². The number of anilines is 1. The maximum atomic E-state index is 15.1. The molecular formula is C18H21F3N4O4. The van der Waals surface area contributed by atoms with Crippen molar-refractivity contribution in [3.8, 4) is 5.75 Å². The highest BCUT2D eigenvalue weighted by Crippen LogP contribution is 2.42. The second-order valence-electron chi connectivity index (χ2n) is 7.56. The van der Waals surface area contributed by atoms with Crippen LogP contribution in [0.4, 0.5) is 18.9 Å². The summed E-state index contributed by atoms with van der Waals surface area (Å²) in [6, 6.07) is -0.149. The average Bonchev–Trinajstić information content (AvgIpc) is 3.40. The number of nitrogens with zero attached hydrogens (tertiary/aromatic N) is 2. The highest BCUT2D eigenvalue weighted by atomic mass is 19.3. The molecule has 1 aromatic carbocycles. The summed E-state index contributed by atoms with van der Waals surface area (Å²) in [5.74, 6) is -2.39. The minimum atomic E-state index is -3.00. The molecule has 2 aromatic rings. The first kappa shape index (κ1) is 19.8. The van der Waals surface area contributed by atoms with Crippen molar-refractivity contribution in [2.75, 3.05) is 24.5 Å². The Balaban J connectivity index is 1.91. The summed E-state index contributed by atoms with van der Waals surface area (Å²) in [4.78, 5) is 28.3. The normalized spacial score (nSPS) is 22.2. The number of aromatic hydroxyl groups is 1. The van der Waals surface area contributed by atoms with Gasteiger partial charge in [-0.25, -0.2) is 9.18 Å². The molecule has 1 aliphatic heterocycles. The Bertz CT molecular complexity index is 1080. The summed E-state index contributed by atoms with van der Waals surface area (Å²) in [5.41, 5.74) is 4.53. The smallest absolute Gasteiger partial charge is 0.345 e. The number of aromatic nitrogens is 2. The van der Waals surface area contributed by atoms with Gasteiger partial charge in [0.15, 0.2) is 11.6 Å². The van der Waals surface area contributed by atoms with Crippen molar-refractivity contribution in [2.24, 2.45) is 11.7 Å². The first-order valence-electron chi connectivity index (χ1n) is 9.32. The number of rotatable bonds is 5. The molecular weight excluding hydrogens is 393 g/mol. The van der Waals surface area contributed by atoms with E-state index in [1.54, 1.807) is 0 Å². The van der Waals surface area contributed by atoms with E-state index in [1.807, 2.05) is 0 Å². The van der Waals surface area contributed by atoms with Gasteiger partial charge in [0.1, 0.15) is 5.39 Å². The quantitative estimate of drug-likeness (QED) is 0.677. The number of nitrogens with two attached hydrogens (primary N) is 1. The molecule has 2 atom stereocenters. The molecule has 0 amide bonds. The summed E-state index contributed by atoms with van der Waals surface area (Å²) in [6.45, 7) is -1.33. The zero-order chi connectivity index (χ0) is 21.0. The largest absolute Gasteiger partial charge is 0.504 e. The Morgan fingerprint density at radius 3 is 2.59 bits per heavy atom. The molecule has 29 heavy (non-hydrogen) atoms. The molecule has 1 aromatic heterocycles. The van der Waals surface area contributed by atoms with Gasteiger partial charge in [-0.2, -0.15) is 8.78 Å². The molecule has 1 saturated carbocycles. The number of benzene rings is 1. The maximum Gasteiger partial charge on any atom is 0.345 e. The predicted molar refractivity (Wildman–Crippen MR) is 99.1 cm³/mol. The van der Waals surface area contributed by atoms with Crippen molar-refractivity contribution in [2.45, 2.75) is 38.5 Å². The Kier molecular flexibility index (Phi) is 4.82. The fraction of sp³-hybridized carbons (Fsp3) is 0.556. The van der Waals surface area contributed by atoms with Crippen LogP contribution < -0.4 is 21.9 Å². The molecule has 1 saturated heterocycles. The van der Waals surface area contributed by atoms with Crippen LogP contribution in [0.2, 0.25) is 0 Å². The van der Waals surface area contributed by atoms with Gasteiger partial charge in [-0.1, -0.05) is 0 Å². The van der Waals surface area contributed by atoms with Crippen LogP contribution in [0, 0.1) is 18.7 Å². The van der Waals surface area contributed by atoms with Gasteiger partial charge >= 0.3 is 12.3 Å². The minimum absolute atomic E-state index is 0.0479. The van der Waals surface area contributed by atoms with Gasteiger partial charge in [0, 0.05) is 30.6 Å². The fourth-order valence-corrected chi connectivity index (χ4v) is 4.23. The van der Waals surface area contributed by atoms with E-state index >= 15 is 4.39 Å². The molecule has 2 heterocycles. The highest BCUT2D eigenvalue weighted by molar-refractivity contribution is 5.92.